The van der Waals surface area contributed by atoms with Crippen molar-refractivity contribution in [1.29, 1.82) is 0 Å². The number of rotatable bonds is 8. The van der Waals surface area contributed by atoms with E-state index in [9.17, 15) is 9.59 Å². The van der Waals surface area contributed by atoms with Crippen molar-refractivity contribution in [2.45, 2.75) is 19.4 Å². The Balaban J connectivity index is 1.51. The zero-order valence-corrected chi connectivity index (χ0v) is 20.9. The summed E-state index contributed by atoms with van der Waals surface area (Å²) in [5, 5.41) is 7.70. The SMILES string of the molecule is CNCCCc1nccc(Nc2nc3c(c(=O)n(Cc4cc5c(Cl)cccc5[nH]4)c(=O)n3C)n2C)n1. The van der Waals surface area contributed by atoms with E-state index in [0.717, 1.165) is 30.3 Å². The molecule has 0 saturated carbocycles. The Bertz CT molecular complexity index is 1700. The van der Waals surface area contributed by atoms with Crippen molar-refractivity contribution in [3.8, 4) is 0 Å². The van der Waals surface area contributed by atoms with E-state index in [0.29, 0.717) is 33.8 Å². The molecule has 0 radical (unpaired) electrons. The van der Waals surface area contributed by atoms with Gasteiger partial charge in [0.25, 0.3) is 5.56 Å². The fourth-order valence-corrected chi connectivity index (χ4v) is 4.48. The molecule has 0 bridgehead atoms. The van der Waals surface area contributed by atoms with E-state index in [4.69, 9.17) is 11.6 Å². The molecule has 0 atom stereocenters. The lowest BCUT2D eigenvalue weighted by Crippen LogP contribution is -2.39. The molecule has 0 amide bonds. The molecule has 0 spiro atoms. The maximum Gasteiger partial charge on any atom is 0.332 e. The molecular formula is C24H26ClN9O2. The number of anilines is 2. The highest BCUT2D eigenvalue weighted by atomic mass is 35.5. The Labute approximate surface area is 210 Å². The van der Waals surface area contributed by atoms with Crippen molar-refractivity contribution in [3.63, 3.8) is 0 Å². The average Bonchev–Trinajstić information content (AvgIpc) is 3.43. The molecule has 5 rings (SSSR count). The maximum atomic E-state index is 13.5. The summed E-state index contributed by atoms with van der Waals surface area (Å²) in [6.07, 6.45) is 3.33. The standard InChI is InChI=1S/C24H26ClN9O2/c1-26-10-5-8-18-27-11-9-19(29-18)30-23-31-21-20(32(23)2)22(35)34(24(36)33(21)3)13-14-12-15-16(25)6-4-7-17(15)28-14/h4,6-7,9,11-12,26,28H,5,8,10,13H2,1-3H3,(H,27,29,30,31). The van der Waals surface area contributed by atoms with Gasteiger partial charge in [0, 0.05) is 48.3 Å². The van der Waals surface area contributed by atoms with Crippen LogP contribution in [0.25, 0.3) is 22.1 Å². The van der Waals surface area contributed by atoms with Crippen LogP contribution in [-0.4, -0.2) is 47.2 Å². The molecule has 1 aromatic carbocycles. The summed E-state index contributed by atoms with van der Waals surface area (Å²) in [6.45, 7) is 0.944. The molecule has 186 valence electrons. The smallest absolute Gasteiger partial charge is 0.332 e. The van der Waals surface area contributed by atoms with Crippen molar-refractivity contribution in [2.75, 3.05) is 18.9 Å². The predicted molar refractivity (Wildman–Crippen MR) is 140 cm³/mol. The van der Waals surface area contributed by atoms with E-state index in [1.807, 2.05) is 25.2 Å². The van der Waals surface area contributed by atoms with Gasteiger partial charge in [-0.3, -0.25) is 13.9 Å². The van der Waals surface area contributed by atoms with Gasteiger partial charge in [-0.2, -0.15) is 4.98 Å². The first-order chi connectivity index (χ1) is 17.4. The van der Waals surface area contributed by atoms with Crippen LogP contribution in [-0.2, 0) is 27.1 Å². The van der Waals surface area contributed by atoms with Crippen molar-refractivity contribution in [1.82, 2.24) is 39.0 Å². The second kappa shape index (κ2) is 9.59. The van der Waals surface area contributed by atoms with Crippen LogP contribution < -0.4 is 21.9 Å². The van der Waals surface area contributed by atoms with Crippen molar-refractivity contribution >= 4 is 45.4 Å². The first-order valence-corrected chi connectivity index (χ1v) is 11.9. The van der Waals surface area contributed by atoms with Gasteiger partial charge in [0.15, 0.2) is 11.2 Å². The third kappa shape index (κ3) is 4.27. The molecule has 4 heterocycles. The molecule has 0 saturated heterocycles. The molecule has 0 aliphatic carbocycles. The molecule has 0 aliphatic rings. The number of hydrogen-bond acceptors (Lipinski definition) is 7. The van der Waals surface area contributed by atoms with E-state index in [-0.39, 0.29) is 12.2 Å². The van der Waals surface area contributed by atoms with Gasteiger partial charge in [0.05, 0.1) is 6.54 Å². The second-order valence-corrected chi connectivity index (χ2v) is 8.99. The lowest BCUT2D eigenvalue weighted by Gasteiger charge is -2.08. The van der Waals surface area contributed by atoms with Crippen molar-refractivity contribution in [3.05, 3.63) is 73.9 Å². The lowest BCUT2D eigenvalue weighted by atomic mass is 10.2. The molecule has 4 aromatic heterocycles. The van der Waals surface area contributed by atoms with Crippen LogP contribution in [0.15, 0.2) is 46.1 Å². The normalized spacial score (nSPS) is 11.6. The van der Waals surface area contributed by atoms with Gasteiger partial charge in [0.1, 0.15) is 11.6 Å². The van der Waals surface area contributed by atoms with Crippen LogP contribution in [0.4, 0.5) is 11.8 Å². The van der Waals surface area contributed by atoms with Crippen LogP contribution in [0.2, 0.25) is 5.02 Å². The quantitative estimate of drug-likeness (QED) is 0.275. The minimum Gasteiger partial charge on any atom is -0.357 e. The summed E-state index contributed by atoms with van der Waals surface area (Å²) in [5.74, 6) is 1.66. The third-order valence-electron chi connectivity index (χ3n) is 6.13. The van der Waals surface area contributed by atoms with Gasteiger partial charge < -0.3 is 20.2 Å². The number of aryl methyl sites for hydroxylation is 3. The second-order valence-electron chi connectivity index (χ2n) is 8.59. The maximum absolute atomic E-state index is 13.5. The molecule has 0 aliphatic heterocycles. The Morgan fingerprint density at radius 2 is 1.94 bits per heavy atom. The Kier molecular flexibility index (Phi) is 6.33. The number of benzene rings is 1. The summed E-state index contributed by atoms with van der Waals surface area (Å²) < 4.78 is 4.20. The first-order valence-electron chi connectivity index (χ1n) is 11.5. The Hall–Kier alpha value is -3.96. The lowest BCUT2D eigenvalue weighted by molar-refractivity contribution is 0.648. The number of nitrogens with one attached hydrogen (secondary N) is 3. The highest BCUT2D eigenvalue weighted by Crippen LogP contribution is 2.24. The van der Waals surface area contributed by atoms with E-state index in [1.54, 1.807) is 37.0 Å². The molecule has 0 unspecified atom stereocenters. The van der Waals surface area contributed by atoms with Crippen molar-refractivity contribution < 1.29 is 0 Å². The number of H-pyrrole nitrogens is 1. The first kappa shape index (κ1) is 23.8. The summed E-state index contributed by atoms with van der Waals surface area (Å²) in [7, 11) is 5.23. The van der Waals surface area contributed by atoms with Crippen LogP contribution in [0.1, 0.15) is 17.9 Å². The van der Waals surface area contributed by atoms with Crippen LogP contribution >= 0.6 is 11.6 Å². The number of fused-ring (bicyclic) bond motifs is 2. The van der Waals surface area contributed by atoms with E-state index < -0.39 is 11.2 Å². The predicted octanol–water partition coefficient (Wildman–Crippen LogP) is 2.30. The van der Waals surface area contributed by atoms with Crippen molar-refractivity contribution in [2.24, 2.45) is 14.1 Å². The summed E-state index contributed by atoms with van der Waals surface area (Å²) >= 11 is 6.29. The molecule has 11 nitrogen and oxygen atoms in total. The molecule has 3 N–H and O–H groups in total. The highest BCUT2D eigenvalue weighted by Gasteiger charge is 2.19. The number of imidazole rings is 1. The van der Waals surface area contributed by atoms with E-state index in [2.05, 4.69) is 30.6 Å². The number of hydrogen-bond donors (Lipinski definition) is 3. The number of nitrogens with zero attached hydrogens (tertiary/aromatic N) is 6. The summed E-state index contributed by atoms with van der Waals surface area (Å²) in [6, 6.07) is 9.13. The van der Waals surface area contributed by atoms with Gasteiger partial charge in [-0.15, -0.1) is 0 Å². The third-order valence-corrected chi connectivity index (χ3v) is 6.46. The number of halogens is 1. The van der Waals surface area contributed by atoms with Gasteiger partial charge in [-0.05, 0) is 44.3 Å². The summed E-state index contributed by atoms with van der Waals surface area (Å²) in [4.78, 5) is 43.2. The molecule has 0 fully saturated rings. The fraction of sp³-hybridized carbons (Fsp3) is 0.292. The minimum absolute atomic E-state index is 0.0717. The topological polar surface area (TPSA) is 127 Å². The highest BCUT2D eigenvalue weighted by molar-refractivity contribution is 6.35. The molecular weight excluding hydrogens is 482 g/mol. The average molecular weight is 508 g/mol. The van der Waals surface area contributed by atoms with E-state index in [1.165, 1.54) is 9.13 Å². The Morgan fingerprint density at radius 1 is 1.11 bits per heavy atom. The zero-order chi connectivity index (χ0) is 25.4. The van der Waals surface area contributed by atoms with E-state index >= 15 is 0 Å². The molecule has 12 heteroatoms. The van der Waals surface area contributed by atoms with Gasteiger partial charge in [0.2, 0.25) is 5.95 Å². The van der Waals surface area contributed by atoms with Crippen LogP contribution in [0.3, 0.4) is 0 Å². The Morgan fingerprint density at radius 3 is 2.72 bits per heavy atom. The van der Waals surface area contributed by atoms with Crippen LogP contribution in [0, 0.1) is 0 Å². The monoisotopic (exact) mass is 507 g/mol. The molecule has 5 aromatic rings. The largest absolute Gasteiger partial charge is 0.357 e. The number of aromatic amines is 1. The number of aromatic nitrogens is 7. The minimum atomic E-state index is -0.462. The van der Waals surface area contributed by atoms with Gasteiger partial charge in [-0.1, -0.05) is 17.7 Å². The van der Waals surface area contributed by atoms with Gasteiger partial charge in [-0.25, -0.2) is 14.8 Å². The summed E-state index contributed by atoms with van der Waals surface area (Å²) in [5.41, 5.74) is 1.23. The zero-order valence-electron chi connectivity index (χ0n) is 20.2. The van der Waals surface area contributed by atoms with Crippen LogP contribution in [0.5, 0.6) is 0 Å². The fourth-order valence-electron chi connectivity index (χ4n) is 4.25. The van der Waals surface area contributed by atoms with Gasteiger partial charge >= 0.3 is 5.69 Å². The molecule has 36 heavy (non-hydrogen) atoms.